The zero-order valence-electron chi connectivity index (χ0n) is 73.1. The number of hydrogen-bond donors (Lipinski definition) is 0. The van der Waals surface area contributed by atoms with Crippen LogP contribution in [0.1, 0.15) is 72.2 Å². The standard InChI is InChI=1S/C46H29NS.2C40H27NS/c1-4-12-32(13-5-1)45-47-42-27-25-31-22-20-30-21-23-33(28-39(30)43(31)44(42)48-45)34-24-26-38-37-18-10-11-19-40(37)46(41(38)29-34,35-14-6-2-7-15-35)36-16-8-3-9-17-36;1-40(2)34-23-29(17-19-31(34)32-20-16-24-8-6-7-11-30(24)37(32)40)28-15-13-25-12-14-26-18-21-35-38(36(26)33(25)22-28)42-39(41-35)27-9-4-3-5-10-27;1-40(2)34-23-30(16-18-31(34)33-21-27-10-6-7-11-28(27)22-35(33)40)29-15-13-24-12-14-25-17-19-36-38(37(25)32(24)20-29)42-39(41-36)26-8-4-3-5-9-26/h1-29H;2*3-23H,1-2H3. The Morgan fingerprint density at radius 2 is 0.492 bits per heavy atom. The molecule has 25 aromatic rings. The van der Waals surface area contributed by atoms with Crippen LogP contribution >= 0.6 is 34.0 Å². The predicted molar refractivity (Wildman–Crippen MR) is 564 cm³/mol. The van der Waals surface area contributed by atoms with Gasteiger partial charge in [0.05, 0.1) is 36.1 Å². The minimum Gasteiger partial charge on any atom is -0.236 e. The van der Waals surface area contributed by atoms with E-state index in [-0.39, 0.29) is 10.8 Å². The summed E-state index contributed by atoms with van der Waals surface area (Å²) in [6, 6.07) is 158. The van der Waals surface area contributed by atoms with Gasteiger partial charge in [0.25, 0.3) is 0 Å². The number of hydrogen-bond acceptors (Lipinski definition) is 6. The molecule has 0 N–H and O–H groups in total. The van der Waals surface area contributed by atoms with E-state index in [9.17, 15) is 0 Å². The molecule has 22 aromatic carbocycles. The molecule has 0 saturated carbocycles. The Morgan fingerprint density at radius 3 is 0.955 bits per heavy atom. The van der Waals surface area contributed by atoms with Gasteiger partial charge >= 0.3 is 0 Å². The Kier molecular flexibility index (Phi) is 17.9. The van der Waals surface area contributed by atoms with E-state index in [4.69, 9.17) is 15.0 Å². The molecule has 132 heavy (non-hydrogen) atoms. The molecule has 0 radical (unpaired) electrons. The molecule has 620 valence electrons. The fourth-order valence-corrected chi connectivity index (χ4v) is 25.6. The number of benzene rings is 22. The molecule has 3 nitrogen and oxygen atoms in total. The van der Waals surface area contributed by atoms with E-state index in [1.165, 1.54) is 223 Å². The lowest BCUT2D eigenvalue weighted by molar-refractivity contribution is 0.661. The van der Waals surface area contributed by atoms with Gasteiger partial charge in [-0.2, -0.15) is 0 Å². The summed E-state index contributed by atoms with van der Waals surface area (Å²) in [5, 5.41) is 23.7. The second-order valence-corrected chi connectivity index (χ2v) is 39.7. The van der Waals surface area contributed by atoms with E-state index in [1.807, 2.05) is 0 Å². The fraction of sp³-hybridized carbons (Fsp3) is 0.0556. The lowest BCUT2D eigenvalue weighted by Crippen LogP contribution is -2.28. The lowest BCUT2D eigenvalue weighted by atomic mass is 9.67. The first kappa shape index (κ1) is 77.7. The molecule has 3 aliphatic carbocycles. The lowest BCUT2D eigenvalue weighted by Gasteiger charge is -2.34. The van der Waals surface area contributed by atoms with Crippen molar-refractivity contribution in [2.45, 2.75) is 43.9 Å². The smallest absolute Gasteiger partial charge is 0.124 e. The van der Waals surface area contributed by atoms with Gasteiger partial charge in [0, 0.05) is 43.7 Å². The molecule has 3 aromatic heterocycles. The highest BCUT2D eigenvalue weighted by molar-refractivity contribution is 7.23. The Hall–Kier alpha value is -15.4. The van der Waals surface area contributed by atoms with E-state index in [2.05, 4.69) is 458 Å². The van der Waals surface area contributed by atoms with Gasteiger partial charge in [0.2, 0.25) is 0 Å². The Balaban J connectivity index is 0.000000104. The second kappa shape index (κ2) is 30.4. The normalized spacial score (nSPS) is 13.5. The van der Waals surface area contributed by atoms with Crippen molar-refractivity contribution < 1.29 is 0 Å². The highest BCUT2D eigenvalue weighted by atomic mass is 32.1. The van der Waals surface area contributed by atoms with Crippen LogP contribution in [0.3, 0.4) is 0 Å². The van der Waals surface area contributed by atoms with E-state index in [0.717, 1.165) is 37.1 Å². The number of fused-ring (bicyclic) bond motifs is 27. The van der Waals surface area contributed by atoms with Crippen LogP contribution < -0.4 is 0 Å². The van der Waals surface area contributed by atoms with E-state index in [0.29, 0.717) is 0 Å². The van der Waals surface area contributed by atoms with Crippen molar-refractivity contribution in [3.63, 3.8) is 0 Å². The second-order valence-electron chi connectivity index (χ2n) is 36.7. The van der Waals surface area contributed by atoms with Crippen LogP contribution in [0.15, 0.2) is 431 Å². The van der Waals surface area contributed by atoms with E-state index < -0.39 is 5.41 Å². The first-order valence-electron chi connectivity index (χ1n) is 45.6. The first-order valence-corrected chi connectivity index (χ1v) is 48.0. The number of thiazole rings is 3. The van der Waals surface area contributed by atoms with Crippen molar-refractivity contribution >= 4 is 151 Å². The summed E-state index contributed by atoms with van der Waals surface area (Å²) in [6.45, 7) is 9.50. The van der Waals surface area contributed by atoms with Gasteiger partial charge in [-0.05, 0) is 248 Å². The average molecular weight is 1740 g/mol. The summed E-state index contributed by atoms with van der Waals surface area (Å²) in [4.78, 5) is 15.1. The van der Waals surface area contributed by atoms with E-state index >= 15 is 0 Å². The Bertz CT molecular complexity index is 9020. The third-order valence-electron chi connectivity index (χ3n) is 28.7. The van der Waals surface area contributed by atoms with Gasteiger partial charge in [-0.3, -0.25) is 0 Å². The van der Waals surface area contributed by atoms with Crippen molar-refractivity contribution in [2.24, 2.45) is 0 Å². The quantitative estimate of drug-likeness (QED) is 0.142. The van der Waals surface area contributed by atoms with Gasteiger partial charge < -0.3 is 0 Å². The average Bonchev–Trinajstić information content (AvgIpc) is 1.54. The minimum atomic E-state index is -0.420. The Morgan fingerprint density at radius 1 is 0.189 bits per heavy atom. The molecule has 0 unspecified atom stereocenters. The van der Waals surface area contributed by atoms with Crippen molar-refractivity contribution in [2.75, 3.05) is 0 Å². The van der Waals surface area contributed by atoms with Crippen molar-refractivity contribution in [3.05, 3.63) is 475 Å². The van der Waals surface area contributed by atoms with Gasteiger partial charge in [0.15, 0.2) is 0 Å². The summed E-state index contributed by atoms with van der Waals surface area (Å²) in [6.07, 6.45) is 0. The molecule has 0 fully saturated rings. The molecule has 0 aliphatic heterocycles. The predicted octanol–water partition coefficient (Wildman–Crippen LogP) is 35.1. The molecule has 0 bridgehead atoms. The van der Waals surface area contributed by atoms with Gasteiger partial charge in [0.1, 0.15) is 15.0 Å². The van der Waals surface area contributed by atoms with Gasteiger partial charge in [-0.15, -0.1) is 34.0 Å². The molecule has 3 heterocycles. The van der Waals surface area contributed by atoms with Crippen LogP contribution in [0.25, 0.3) is 215 Å². The zero-order chi connectivity index (χ0) is 87.7. The highest BCUT2D eigenvalue weighted by Gasteiger charge is 2.47. The van der Waals surface area contributed by atoms with Gasteiger partial charge in [-0.25, -0.2) is 15.0 Å². The van der Waals surface area contributed by atoms with Crippen LogP contribution in [0.4, 0.5) is 0 Å². The Labute approximate surface area is 777 Å². The van der Waals surface area contributed by atoms with Crippen LogP contribution in [-0.2, 0) is 16.2 Å². The third-order valence-corrected chi connectivity index (χ3v) is 32.1. The van der Waals surface area contributed by atoms with Crippen LogP contribution in [0.5, 0.6) is 0 Å². The molecule has 0 spiro atoms. The molecule has 0 saturated heterocycles. The molecule has 3 aliphatic rings. The number of rotatable bonds is 8. The monoisotopic (exact) mass is 1730 g/mol. The minimum absolute atomic E-state index is 0.0586. The van der Waals surface area contributed by atoms with Crippen molar-refractivity contribution in [1.82, 2.24) is 15.0 Å². The van der Waals surface area contributed by atoms with Crippen LogP contribution in [0, 0.1) is 0 Å². The number of nitrogens with zero attached hydrogens (tertiary/aromatic N) is 3. The zero-order valence-corrected chi connectivity index (χ0v) is 75.5. The third kappa shape index (κ3) is 12.3. The van der Waals surface area contributed by atoms with Gasteiger partial charge in [-0.1, -0.05) is 392 Å². The number of aromatic nitrogens is 3. The molecule has 28 rings (SSSR count). The summed E-state index contributed by atoms with van der Waals surface area (Å²) in [5.41, 5.74) is 32.5. The van der Waals surface area contributed by atoms with Crippen LogP contribution in [0.2, 0.25) is 0 Å². The summed E-state index contributed by atoms with van der Waals surface area (Å²) in [7, 11) is 0. The van der Waals surface area contributed by atoms with Crippen molar-refractivity contribution in [3.8, 4) is 98.5 Å². The SMILES string of the molecule is CC1(C)c2cc(-c3ccc4ccc5ccc6nc(-c7ccccc7)sc6c5c4c3)ccc2-c2cc3ccccc3cc21.CC1(C)c2cc(-c3ccc4ccc5ccc6nc(-c7ccccc7)sc6c5c4c3)ccc2-c2ccc3ccccc3c21.c1ccc(-c2nc3ccc4ccc5ccc(-c6ccc7c(c6)C(c6ccccc6)(c6ccccc6)c6ccccc6-7)cc5c4c3s2)cc1. The molecule has 0 amide bonds. The van der Waals surface area contributed by atoms with E-state index in [1.54, 1.807) is 34.0 Å². The maximum atomic E-state index is 5.07. The van der Waals surface area contributed by atoms with Crippen molar-refractivity contribution in [1.29, 1.82) is 0 Å². The first-order chi connectivity index (χ1) is 64.9. The largest absolute Gasteiger partial charge is 0.236 e. The summed E-state index contributed by atoms with van der Waals surface area (Å²) < 4.78 is 3.75. The molecular weight excluding hydrogens is 1650 g/mol. The molecule has 6 heteroatoms. The maximum absolute atomic E-state index is 5.07. The topological polar surface area (TPSA) is 38.7 Å². The summed E-state index contributed by atoms with van der Waals surface area (Å²) >= 11 is 5.38. The maximum Gasteiger partial charge on any atom is 0.124 e. The van der Waals surface area contributed by atoms with Crippen LogP contribution in [-0.4, -0.2) is 15.0 Å². The summed E-state index contributed by atoms with van der Waals surface area (Å²) in [5.74, 6) is 0. The fourth-order valence-electron chi connectivity index (χ4n) is 22.2. The molecular formula is C126H83N3S3. The molecule has 0 atom stereocenters. The highest BCUT2D eigenvalue weighted by Crippen LogP contribution is 2.59.